The Morgan fingerprint density at radius 2 is 1.83 bits per heavy atom. The fourth-order valence-corrected chi connectivity index (χ4v) is 5.77. The molecule has 36 heavy (non-hydrogen) atoms. The van der Waals surface area contributed by atoms with Crippen molar-refractivity contribution in [2.24, 2.45) is 4.99 Å². The quantitative estimate of drug-likeness (QED) is 0.470. The summed E-state index contributed by atoms with van der Waals surface area (Å²) >= 11 is 0. The van der Waals surface area contributed by atoms with E-state index in [1.807, 2.05) is 58.0 Å². The topological polar surface area (TPSA) is 95.1 Å². The van der Waals surface area contributed by atoms with E-state index in [2.05, 4.69) is 25.2 Å². The van der Waals surface area contributed by atoms with E-state index in [4.69, 9.17) is 4.74 Å². The maximum Gasteiger partial charge on any atom is 0.241 e. The number of likely N-dealkylation sites (tertiary alicyclic amines) is 1. The van der Waals surface area contributed by atoms with Crippen molar-refractivity contribution in [2.75, 3.05) is 31.6 Å². The van der Waals surface area contributed by atoms with Crippen molar-refractivity contribution in [1.82, 2.24) is 14.9 Å². The van der Waals surface area contributed by atoms with Gasteiger partial charge >= 0.3 is 0 Å². The number of nitrogens with one attached hydrogen (secondary N) is 3. The van der Waals surface area contributed by atoms with Gasteiger partial charge in [-0.2, -0.15) is 0 Å². The van der Waals surface area contributed by atoms with Crippen molar-refractivity contribution in [2.45, 2.75) is 57.3 Å². The highest BCUT2D eigenvalue weighted by Crippen LogP contribution is 2.24. The fourth-order valence-electron chi connectivity index (χ4n) is 4.31. The number of aliphatic imine (C=N–C) groups is 1. The number of nitrogens with zero attached hydrogens (tertiary/aromatic N) is 2. The average Bonchev–Trinajstić information content (AvgIpc) is 3.34. The summed E-state index contributed by atoms with van der Waals surface area (Å²) in [6.07, 6.45) is 3.98. The molecule has 1 saturated heterocycles. The summed E-state index contributed by atoms with van der Waals surface area (Å²) in [5.74, 6) is 0.846. The lowest BCUT2D eigenvalue weighted by Crippen LogP contribution is -2.40. The largest absolute Gasteiger partial charge is 0.492 e. The first-order chi connectivity index (χ1) is 17.1. The number of benzene rings is 2. The molecular formula is C27H37N5O3S. The molecule has 8 nitrogen and oxygen atoms in total. The minimum Gasteiger partial charge on any atom is -0.492 e. The Morgan fingerprint density at radius 1 is 1.11 bits per heavy atom. The molecule has 0 bridgehead atoms. The van der Waals surface area contributed by atoms with Crippen LogP contribution in [-0.4, -0.2) is 57.6 Å². The number of rotatable bonds is 9. The van der Waals surface area contributed by atoms with Gasteiger partial charge in [0.2, 0.25) is 10.0 Å². The first-order valence-corrected chi connectivity index (χ1v) is 13.9. The maximum absolute atomic E-state index is 12.8. The van der Waals surface area contributed by atoms with E-state index in [0.29, 0.717) is 6.61 Å². The van der Waals surface area contributed by atoms with Gasteiger partial charge in [-0.05, 0) is 101 Å². The molecule has 1 fully saturated rings. The van der Waals surface area contributed by atoms with E-state index in [1.165, 1.54) is 25.9 Å². The Balaban J connectivity index is 1.38. The summed E-state index contributed by atoms with van der Waals surface area (Å²) < 4.78 is 34.3. The lowest BCUT2D eigenvalue weighted by atomic mass is 10.1. The van der Waals surface area contributed by atoms with Gasteiger partial charge in [0.15, 0.2) is 6.29 Å². The second-order valence-electron chi connectivity index (χ2n) is 10.3. The number of allylic oxidation sites excluding steroid dienone is 1. The van der Waals surface area contributed by atoms with E-state index < -0.39 is 21.9 Å². The Kier molecular flexibility index (Phi) is 8.02. The van der Waals surface area contributed by atoms with Crippen molar-refractivity contribution in [3.63, 3.8) is 0 Å². The van der Waals surface area contributed by atoms with Gasteiger partial charge in [0.1, 0.15) is 12.4 Å². The van der Waals surface area contributed by atoms with Gasteiger partial charge < -0.3 is 15.4 Å². The predicted octanol–water partition coefficient (Wildman–Crippen LogP) is 4.04. The molecule has 1 unspecified atom stereocenters. The fraction of sp³-hybridized carbons (Fsp3) is 0.444. The zero-order valence-electron chi connectivity index (χ0n) is 21.5. The van der Waals surface area contributed by atoms with Crippen molar-refractivity contribution >= 4 is 27.6 Å². The molecule has 9 heteroatoms. The third-order valence-electron chi connectivity index (χ3n) is 6.00. The summed E-state index contributed by atoms with van der Waals surface area (Å²) in [7, 11) is -3.64. The molecule has 194 valence electrons. The summed E-state index contributed by atoms with van der Waals surface area (Å²) in [6.45, 7) is 11.4. The van der Waals surface area contributed by atoms with E-state index in [-0.39, 0.29) is 4.90 Å². The van der Waals surface area contributed by atoms with E-state index in [0.717, 1.165) is 34.8 Å². The third kappa shape index (κ3) is 7.09. The van der Waals surface area contributed by atoms with Gasteiger partial charge in [0, 0.05) is 29.7 Å². The molecule has 2 aliphatic heterocycles. The van der Waals surface area contributed by atoms with Crippen molar-refractivity contribution in [3.8, 4) is 5.75 Å². The molecule has 0 spiro atoms. The Labute approximate surface area is 214 Å². The molecular weight excluding hydrogens is 474 g/mol. The minimum atomic E-state index is -3.64. The van der Waals surface area contributed by atoms with E-state index in [1.54, 1.807) is 24.4 Å². The first-order valence-electron chi connectivity index (χ1n) is 12.5. The first kappa shape index (κ1) is 26.2. The molecule has 1 atom stereocenters. The zero-order valence-corrected chi connectivity index (χ0v) is 22.4. The number of hydrogen-bond acceptors (Lipinski definition) is 7. The van der Waals surface area contributed by atoms with Crippen molar-refractivity contribution in [1.29, 1.82) is 0 Å². The molecule has 2 aromatic carbocycles. The second kappa shape index (κ2) is 11.0. The average molecular weight is 512 g/mol. The van der Waals surface area contributed by atoms with Crippen LogP contribution >= 0.6 is 0 Å². The smallest absolute Gasteiger partial charge is 0.241 e. The lowest BCUT2D eigenvalue weighted by molar-refractivity contribution is 0.238. The van der Waals surface area contributed by atoms with Crippen LogP contribution in [0.2, 0.25) is 0 Å². The minimum absolute atomic E-state index is 0.226. The Bertz CT molecular complexity index is 1210. The van der Waals surface area contributed by atoms with Gasteiger partial charge in [-0.1, -0.05) is 12.1 Å². The van der Waals surface area contributed by atoms with Crippen LogP contribution in [0.1, 0.15) is 46.1 Å². The molecule has 2 aliphatic rings. The van der Waals surface area contributed by atoms with Crippen LogP contribution in [0.3, 0.4) is 0 Å². The molecule has 0 saturated carbocycles. The number of anilines is 1. The normalized spacial score (nSPS) is 18.8. The monoisotopic (exact) mass is 511 g/mol. The van der Waals surface area contributed by atoms with Crippen molar-refractivity contribution in [3.05, 3.63) is 59.7 Å². The van der Waals surface area contributed by atoms with Crippen LogP contribution in [0.4, 0.5) is 5.69 Å². The number of ether oxygens (including phenoxy) is 1. The zero-order chi connectivity index (χ0) is 25.8. The molecule has 2 heterocycles. The molecule has 4 rings (SSSR count). The standard InChI is InChI=1S/C27H37N5O3S/c1-20-19-28-26(29-22-10-12-23(13-11-22)35-17-16-32-14-5-6-15-32)30-25(20)21-8-7-9-24(18-21)36(33,34)31-27(2,3)4/h7-13,18-19,26,29-31H,5-6,14-17H2,1-4H3. The van der Waals surface area contributed by atoms with E-state index in [9.17, 15) is 8.42 Å². The van der Waals surface area contributed by atoms with Gasteiger partial charge in [-0.3, -0.25) is 4.90 Å². The van der Waals surface area contributed by atoms with E-state index >= 15 is 0 Å². The SMILES string of the molecule is CC1=C(c2cccc(S(=O)(=O)NC(C)(C)C)c2)NC(Nc2ccc(OCCN3CCCC3)cc2)N=C1. The predicted molar refractivity (Wildman–Crippen MR) is 146 cm³/mol. The van der Waals surface area contributed by atoms with Crippen LogP contribution < -0.4 is 20.1 Å². The van der Waals surface area contributed by atoms with Gasteiger partial charge in [-0.15, -0.1) is 0 Å². The maximum atomic E-state index is 12.8. The van der Waals surface area contributed by atoms with Crippen LogP contribution in [-0.2, 0) is 10.0 Å². The molecule has 3 N–H and O–H groups in total. The highest BCUT2D eigenvalue weighted by atomic mass is 32.2. The number of hydrogen-bond donors (Lipinski definition) is 3. The Morgan fingerprint density at radius 3 is 2.53 bits per heavy atom. The molecule has 2 aromatic rings. The molecule has 0 aliphatic carbocycles. The molecule has 0 radical (unpaired) electrons. The van der Waals surface area contributed by atoms with Gasteiger partial charge in [0.25, 0.3) is 0 Å². The van der Waals surface area contributed by atoms with Crippen LogP contribution in [0, 0.1) is 0 Å². The van der Waals surface area contributed by atoms with Crippen LogP contribution in [0.25, 0.3) is 5.70 Å². The second-order valence-corrected chi connectivity index (χ2v) is 12.0. The highest BCUT2D eigenvalue weighted by molar-refractivity contribution is 7.89. The van der Waals surface area contributed by atoms with Gasteiger partial charge in [-0.25, -0.2) is 18.1 Å². The Hall–Kier alpha value is -2.88. The van der Waals surface area contributed by atoms with Crippen molar-refractivity contribution < 1.29 is 13.2 Å². The van der Waals surface area contributed by atoms with Crippen LogP contribution in [0.5, 0.6) is 5.75 Å². The lowest BCUT2D eigenvalue weighted by Gasteiger charge is -2.26. The molecule has 0 amide bonds. The molecule has 0 aromatic heterocycles. The summed E-state index contributed by atoms with van der Waals surface area (Å²) in [5, 5.41) is 6.76. The highest BCUT2D eigenvalue weighted by Gasteiger charge is 2.23. The van der Waals surface area contributed by atoms with Crippen LogP contribution in [0.15, 0.2) is 64.0 Å². The van der Waals surface area contributed by atoms with Gasteiger partial charge in [0.05, 0.1) is 4.90 Å². The summed E-state index contributed by atoms with van der Waals surface area (Å²) in [4.78, 5) is 7.20. The summed E-state index contributed by atoms with van der Waals surface area (Å²) in [6, 6.07) is 14.8. The third-order valence-corrected chi connectivity index (χ3v) is 7.75. The number of sulfonamides is 1. The summed E-state index contributed by atoms with van der Waals surface area (Å²) in [5.41, 5.74) is 2.87.